The van der Waals surface area contributed by atoms with Crippen molar-refractivity contribution in [3.8, 4) is 0 Å². The summed E-state index contributed by atoms with van der Waals surface area (Å²) >= 11 is 10.7. The molecular weight excluding hydrogens is 428 g/mol. The highest BCUT2D eigenvalue weighted by molar-refractivity contribution is 7.80. The Morgan fingerprint density at radius 3 is 1.68 bits per heavy atom. The molecule has 164 valence electrons. The topological polar surface area (TPSA) is 82.3 Å². The molecule has 2 aromatic rings. The molecule has 0 amide bonds. The van der Waals surface area contributed by atoms with E-state index in [4.69, 9.17) is 24.4 Å². The van der Waals surface area contributed by atoms with Crippen LogP contribution in [-0.2, 0) is 0 Å². The standard InChI is InChI=1S/C23H28N4O2S2/c1-4-19(25-23(31)27-21-11-7-18(8-12-21)16(3)29)13-14-24-22(30)26-20-9-5-17(6-10-20)15(2)28/h5-12,19H,4,13-14H2,1-3H3,(H2,24,26,30)(H2,25,27,31). The van der Waals surface area contributed by atoms with Gasteiger partial charge in [0.25, 0.3) is 0 Å². The molecule has 0 heterocycles. The van der Waals surface area contributed by atoms with Crippen molar-refractivity contribution in [2.75, 3.05) is 17.2 Å². The fraction of sp³-hybridized carbons (Fsp3) is 0.304. The van der Waals surface area contributed by atoms with Crippen molar-refractivity contribution in [3.05, 3.63) is 59.7 Å². The lowest BCUT2D eigenvalue weighted by molar-refractivity contribution is 0.100. The Kier molecular flexibility index (Phi) is 9.55. The molecule has 31 heavy (non-hydrogen) atoms. The van der Waals surface area contributed by atoms with E-state index in [0.29, 0.717) is 27.9 Å². The average Bonchev–Trinajstić information content (AvgIpc) is 2.73. The molecule has 0 radical (unpaired) electrons. The molecule has 0 saturated heterocycles. The summed E-state index contributed by atoms with van der Waals surface area (Å²) < 4.78 is 0. The molecule has 8 heteroatoms. The second-order valence-corrected chi connectivity index (χ2v) is 7.96. The monoisotopic (exact) mass is 456 g/mol. The number of benzene rings is 2. The van der Waals surface area contributed by atoms with Gasteiger partial charge in [-0.1, -0.05) is 6.92 Å². The molecule has 0 saturated carbocycles. The molecule has 6 nitrogen and oxygen atoms in total. The molecule has 1 atom stereocenters. The highest BCUT2D eigenvalue weighted by Gasteiger charge is 2.09. The third-order valence-corrected chi connectivity index (χ3v) is 5.17. The Morgan fingerprint density at radius 2 is 1.26 bits per heavy atom. The summed E-state index contributed by atoms with van der Waals surface area (Å²) in [4.78, 5) is 22.7. The molecule has 4 N–H and O–H groups in total. The smallest absolute Gasteiger partial charge is 0.170 e. The quantitative estimate of drug-likeness (QED) is 0.324. The summed E-state index contributed by atoms with van der Waals surface area (Å²) in [5.41, 5.74) is 2.99. The summed E-state index contributed by atoms with van der Waals surface area (Å²) in [6.07, 6.45) is 1.73. The molecule has 2 rings (SSSR count). The fourth-order valence-corrected chi connectivity index (χ4v) is 3.35. The van der Waals surface area contributed by atoms with Crippen molar-refractivity contribution in [3.63, 3.8) is 0 Å². The molecule has 1 unspecified atom stereocenters. The van der Waals surface area contributed by atoms with E-state index in [0.717, 1.165) is 24.2 Å². The van der Waals surface area contributed by atoms with Crippen LogP contribution in [0.3, 0.4) is 0 Å². The van der Waals surface area contributed by atoms with Gasteiger partial charge in [0.2, 0.25) is 0 Å². The zero-order valence-electron chi connectivity index (χ0n) is 18.0. The summed E-state index contributed by atoms with van der Waals surface area (Å²) in [6.45, 7) is 5.85. The van der Waals surface area contributed by atoms with Crippen LogP contribution < -0.4 is 21.3 Å². The summed E-state index contributed by atoms with van der Waals surface area (Å²) in [6, 6.07) is 14.6. The summed E-state index contributed by atoms with van der Waals surface area (Å²) in [7, 11) is 0. The van der Waals surface area contributed by atoms with Crippen molar-refractivity contribution in [2.24, 2.45) is 0 Å². The van der Waals surface area contributed by atoms with E-state index in [-0.39, 0.29) is 17.6 Å². The average molecular weight is 457 g/mol. The highest BCUT2D eigenvalue weighted by atomic mass is 32.1. The molecule has 2 aromatic carbocycles. The Bertz CT molecular complexity index is 928. The normalized spacial score (nSPS) is 11.2. The molecular formula is C23H28N4O2S2. The molecule has 0 aromatic heterocycles. The van der Waals surface area contributed by atoms with E-state index in [2.05, 4.69) is 28.2 Å². The first kappa shape index (κ1) is 24.4. The highest BCUT2D eigenvalue weighted by Crippen LogP contribution is 2.11. The minimum Gasteiger partial charge on any atom is -0.362 e. The lowest BCUT2D eigenvalue weighted by Crippen LogP contribution is -2.40. The van der Waals surface area contributed by atoms with Gasteiger partial charge >= 0.3 is 0 Å². The van der Waals surface area contributed by atoms with Gasteiger partial charge < -0.3 is 21.3 Å². The minimum atomic E-state index is 0.0332. The van der Waals surface area contributed by atoms with E-state index in [1.54, 1.807) is 31.2 Å². The first-order valence-electron chi connectivity index (χ1n) is 10.1. The predicted molar refractivity (Wildman–Crippen MR) is 135 cm³/mol. The van der Waals surface area contributed by atoms with Crippen LogP contribution in [0, 0.1) is 0 Å². The maximum atomic E-state index is 11.4. The van der Waals surface area contributed by atoms with Gasteiger partial charge in [0.1, 0.15) is 0 Å². The zero-order chi connectivity index (χ0) is 22.8. The van der Waals surface area contributed by atoms with Crippen LogP contribution in [0.1, 0.15) is 54.3 Å². The van der Waals surface area contributed by atoms with Gasteiger partial charge in [-0.2, -0.15) is 0 Å². The fourth-order valence-electron chi connectivity index (χ4n) is 2.84. The van der Waals surface area contributed by atoms with Crippen molar-refractivity contribution < 1.29 is 9.59 Å². The predicted octanol–water partition coefficient (Wildman–Crippen LogP) is 4.53. The molecule has 0 aliphatic heterocycles. The number of hydrogen-bond acceptors (Lipinski definition) is 4. The first-order valence-corrected chi connectivity index (χ1v) is 10.9. The number of rotatable bonds is 9. The number of hydrogen-bond donors (Lipinski definition) is 4. The van der Waals surface area contributed by atoms with E-state index in [1.165, 1.54) is 6.92 Å². The van der Waals surface area contributed by atoms with Gasteiger partial charge in [-0.05, 0) is 99.7 Å². The summed E-state index contributed by atoms with van der Waals surface area (Å²) in [5, 5.41) is 13.8. The molecule has 0 fully saturated rings. The number of thiocarbonyl (C=S) groups is 2. The lowest BCUT2D eigenvalue weighted by atomic mass is 10.1. The largest absolute Gasteiger partial charge is 0.362 e. The van der Waals surface area contributed by atoms with Gasteiger partial charge in [-0.25, -0.2) is 0 Å². The van der Waals surface area contributed by atoms with Crippen LogP contribution in [-0.4, -0.2) is 34.4 Å². The number of Topliss-reactive ketones (excluding diaryl/α,β-unsaturated/α-hetero) is 2. The number of carbonyl (C=O) groups excluding carboxylic acids is 2. The van der Waals surface area contributed by atoms with Gasteiger partial charge in [0.15, 0.2) is 21.8 Å². The minimum absolute atomic E-state index is 0.0332. The van der Waals surface area contributed by atoms with Crippen LogP contribution in [0.4, 0.5) is 11.4 Å². The number of anilines is 2. The second-order valence-electron chi connectivity index (χ2n) is 7.14. The SMILES string of the molecule is CCC(CCNC(=S)Nc1ccc(C(C)=O)cc1)NC(=S)Nc1ccc(C(C)=O)cc1. The van der Waals surface area contributed by atoms with Crippen molar-refractivity contribution >= 4 is 57.6 Å². The van der Waals surface area contributed by atoms with E-state index in [1.807, 2.05) is 24.3 Å². The maximum Gasteiger partial charge on any atom is 0.170 e. The Balaban J connectivity index is 1.74. The van der Waals surface area contributed by atoms with Crippen molar-refractivity contribution in [1.82, 2.24) is 10.6 Å². The van der Waals surface area contributed by atoms with Gasteiger partial charge in [-0.3, -0.25) is 9.59 Å². The molecule has 0 spiro atoms. The third-order valence-electron chi connectivity index (χ3n) is 4.70. The lowest BCUT2D eigenvalue weighted by Gasteiger charge is -2.20. The van der Waals surface area contributed by atoms with E-state index in [9.17, 15) is 9.59 Å². The Hall–Kier alpha value is -2.84. The molecule has 0 bridgehead atoms. The summed E-state index contributed by atoms with van der Waals surface area (Å²) in [5.74, 6) is 0.0668. The van der Waals surface area contributed by atoms with E-state index >= 15 is 0 Å². The maximum absolute atomic E-state index is 11.4. The van der Waals surface area contributed by atoms with E-state index < -0.39 is 0 Å². The van der Waals surface area contributed by atoms with Crippen molar-refractivity contribution in [2.45, 2.75) is 39.7 Å². The molecule has 0 aliphatic carbocycles. The number of ketones is 2. The van der Waals surface area contributed by atoms with Crippen LogP contribution >= 0.6 is 24.4 Å². The number of carbonyl (C=O) groups is 2. The van der Waals surface area contributed by atoms with Crippen LogP contribution in [0.5, 0.6) is 0 Å². The Labute approximate surface area is 194 Å². The van der Waals surface area contributed by atoms with Gasteiger partial charge in [0, 0.05) is 35.1 Å². The van der Waals surface area contributed by atoms with Crippen LogP contribution in [0.15, 0.2) is 48.5 Å². The third kappa shape index (κ3) is 8.43. The Morgan fingerprint density at radius 1 is 0.806 bits per heavy atom. The van der Waals surface area contributed by atoms with Gasteiger partial charge in [0.05, 0.1) is 0 Å². The first-order chi connectivity index (χ1) is 14.8. The molecule has 0 aliphatic rings. The second kappa shape index (κ2) is 12.1. The van der Waals surface area contributed by atoms with Crippen LogP contribution in [0.25, 0.3) is 0 Å². The number of nitrogens with one attached hydrogen (secondary N) is 4. The van der Waals surface area contributed by atoms with Crippen molar-refractivity contribution in [1.29, 1.82) is 0 Å². The van der Waals surface area contributed by atoms with Crippen LogP contribution in [0.2, 0.25) is 0 Å². The van der Waals surface area contributed by atoms with Gasteiger partial charge in [-0.15, -0.1) is 0 Å². The zero-order valence-corrected chi connectivity index (χ0v) is 19.6.